The second kappa shape index (κ2) is 9.40. The van der Waals surface area contributed by atoms with Crippen LogP contribution in [0.4, 0.5) is 13.2 Å². The number of rotatable bonds is 8. The molecule has 0 spiro atoms. The number of carbonyl (C=O) groups is 1. The van der Waals surface area contributed by atoms with Gasteiger partial charge in [0.1, 0.15) is 0 Å². The molecule has 180 valence electrons. The van der Waals surface area contributed by atoms with Gasteiger partial charge in [-0.1, -0.05) is 12.1 Å². The predicted molar refractivity (Wildman–Crippen MR) is 121 cm³/mol. The van der Waals surface area contributed by atoms with Crippen LogP contribution in [0.15, 0.2) is 48.7 Å². The van der Waals surface area contributed by atoms with Crippen molar-refractivity contribution in [3.05, 3.63) is 71.0 Å². The highest BCUT2D eigenvalue weighted by molar-refractivity contribution is 5.95. The molecule has 0 unspecified atom stereocenters. The highest BCUT2D eigenvalue weighted by Crippen LogP contribution is 2.43. The fourth-order valence-corrected chi connectivity index (χ4v) is 3.99. The molecule has 0 atom stereocenters. The van der Waals surface area contributed by atoms with Gasteiger partial charge in [0.15, 0.2) is 11.5 Å². The number of hydrogen-bond donors (Lipinski definition) is 0. The van der Waals surface area contributed by atoms with Gasteiger partial charge in [-0.15, -0.1) is 0 Å². The Balaban J connectivity index is 1.65. The smallest absolute Gasteiger partial charge is 0.416 e. The van der Waals surface area contributed by atoms with E-state index < -0.39 is 11.7 Å². The molecule has 2 aromatic carbocycles. The summed E-state index contributed by atoms with van der Waals surface area (Å²) in [4.78, 5) is 15.2. The van der Waals surface area contributed by atoms with E-state index in [9.17, 15) is 18.0 Å². The minimum Gasteiger partial charge on any atom is -0.493 e. The quantitative estimate of drug-likeness (QED) is 0.437. The summed E-state index contributed by atoms with van der Waals surface area (Å²) in [5.74, 6) is 1.05. The standard InChI is InChI=1S/C25H26F3N3O3/c1-4-30(15-16-8-11-21(33-2)22(12-16)34-3)24(32)20-14-29-31(23(20)17-9-10-17)19-7-5-6-18(13-19)25(26,27)28/h5-8,11-14,17H,4,9-10,15H2,1-3H3. The molecule has 1 saturated carbocycles. The molecule has 0 saturated heterocycles. The van der Waals surface area contributed by atoms with Crippen LogP contribution in [0.2, 0.25) is 0 Å². The number of aromatic nitrogens is 2. The van der Waals surface area contributed by atoms with Gasteiger partial charge in [0.2, 0.25) is 0 Å². The second-order valence-electron chi connectivity index (χ2n) is 8.19. The Hall–Kier alpha value is -3.49. The third-order valence-electron chi connectivity index (χ3n) is 5.91. The van der Waals surface area contributed by atoms with Crippen molar-refractivity contribution in [2.75, 3.05) is 20.8 Å². The molecule has 1 amide bonds. The molecule has 1 fully saturated rings. The fraction of sp³-hybridized carbons (Fsp3) is 0.360. The van der Waals surface area contributed by atoms with Crippen LogP contribution in [0.3, 0.4) is 0 Å². The van der Waals surface area contributed by atoms with Crippen molar-refractivity contribution in [1.82, 2.24) is 14.7 Å². The van der Waals surface area contributed by atoms with Crippen LogP contribution in [0.25, 0.3) is 5.69 Å². The highest BCUT2D eigenvalue weighted by Gasteiger charge is 2.35. The highest BCUT2D eigenvalue weighted by atomic mass is 19.4. The van der Waals surface area contributed by atoms with Crippen molar-refractivity contribution in [3.63, 3.8) is 0 Å². The van der Waals surface area contributed by atoms with Gasteiger partial charge in [0, 0.05) is 19.0 Å². The van der Waals surface area contributed by atoms with Crippen molar-refractivity contribution < 1.29 is 27.4 Å². The largest absolute Gasteiger partial charge is 0.493 e. The van der Waals surface area contributed by atoms with Gasteiger partial charge in [-0.25, -0.2) is 4.68 Å². The van der Waals surface area contributed by atoms with Crippen LogP contribution in [-0.4, -0.2) is 41.4 Å². The SMILES string of the molecule is CCN(Cc1ccc(OC)c(OC)c1)C(=O)c1cnn(-c2cccc(C(F)(F)F)c2)c1C1CC1. The zero-order chi connectivity index (χ0) is 24.5. The van der Waals surface area contributed by atoms with Gasteiger partial charge in [0.05, 0.1) is 42.9 Å². The van der Waals surface area contributed by atoms with E-state index >= 15 is 0 Å². The van der Waals surface area contributed by atoms with Crippen LogP contribution in [0.1, 0.15) is 52.9 Å². The Morgan fingerprint density at radius 3 is 2.47 bits per heavy atom. The van der Waals surface area contributed by atoms with Gasteiger partial charge in [0.25, 0.3) is 5.91 Å². The molecule has 1 aliphatic carbocycles. The Morgan fingerprint density at radius 2 is 1.85 bits per heavy atom. The number of carbonyl (C=O) groups excluding carboxylic acids is 1. The number of amides is 1. The fourth-order valence-electron chi connectivity index (χ4n) is 3.99. The molecule has 4 rings (SSSR count). The van der Waals surface area contributed by atoms with Gasteiger partial charge in [-0.2, -0.15) is 18.3 Å². The Labute approximate surface area is 195 Å². The number of ether oxygens (including phenoxy) is 2. The van der Waals surface area contributed by atoms with Crippen molar-refractivity contribution >= 4 is 5.91 Å². The van der Waals surface area contributed by atoms with E-state index in [0.29, 0.717) is 41.5 Å². The maximum Gasteiger partial charge on any atom is 0.416 e. The second-order valence-corrected chi connectivity index (χ2v) is 8.19. The van der Waals surface area contributed by atoms with E-state index in [4.69, 9.17) is 9.47 Å². The summed E-state index contributed by atoms with van der Waals surface area (Å²) in [6, 6.07) is 10.5. The van der Waals surface area contributed by atoms with Gasteiger partial charge >= 0.3 is 6.18 Å². The molecule has 34 heavy (non-hydrogen) atoms. The maximum atomic E-state index is 13.5. The summed E-state index contributed by atoms with van der Waals surface area (Å²) in [5.41, 5.74) is 1.49. The first kappa shape index (κ1) is 23.7. The summed E-state index contributed by atoms with van der Waals surface area (Å²) in [6.07, 6.45) is -1.26. The molecular formula is C25H26F3N3O3. The Bertz CT molecular complexity index is 1190. The van der Waals surface area contributed by atoms with Crippen LogP contribution in [0, 0.1) is 0 Å². The monoisotopic (exact) mass is 473 g/mol. The Morgan fingerprint density at radius 1 is 1.12 bits per heavy atom. The van der Waals surface area contributed by atoms with Crippen LogP contribution < -0.4 is 9.47 Å². The van der Waals surface area contributed by atoms with E-state index in [-0.39, 0.29) is 11.8 Å². The molecule has 6 nitrogen and oxygen atoms in total. The average Bonchev–Trinajstić information content (AvgIpc) is 3.58. The first-order valence-electron chi connectivity index (χ1n) is 11.0. The third kappa shape index (κ3) is 4.73. The lowest BCUT2D eigenvalue weighted by Crippen LogP contribution is -2.31. The average molecular weight is 473 g/mol. The zero-order valence-corrected chi connectivity index (χ0v) is 19.2. The topological polar surface area (TPSA) is 56.6 Å². The van der Waals surface area contributed by atoms with Crippen molar-refractivity contribution in [3.8, 4) is 17.2 Å². The van der Waals surface area contributed by atoms with E-state index in [1.54, 1.807) is 31.3 Å². The van der Waals surface area contributed by atoms with Gasteiger partial charge < -0.3 is 14.4 Å². The Kier molecular flexibility index (Phi) is 6.54. The zero-order valence-electron chi connectivity index (χ0n) is 19.2. The van der Waals surface area contributed by atoms with E-state index in [1.807, 2.05) is 19.1 Å². The third-order valence-corrected chi connectivity index (χ3v) is 5.91. The molecule has 0 radical (unpaired) electrons. The minimum atomic E-state index is -4.46. The first-order valence-corrected chi connectivity index (χ1v) is 11.0. The predicted octanol–water partition coefficient (Wildman–Crippen LogP) is 5.45. The van der Waals surface area contributed by atoms with E-state index in [1.165, 1.54) is 16.9 Å². The normalized spacial score (nSPS) is 13.6. The molecule has 1 aromatic heterocycles. The lowest BCUT2D eigenvalue weighted by Gasteiger charge is -2.22. The lowest BCUT2D eigenvalue weighted by atomic mass is 10.1. The molecule has 1 heterocycles. The first-order chi connectivity index (χ1) is 16.3. The number of alkyl halides is 3. The van der Waals surface area contributed by atoms with Crippen molar-refractivity contribution in [1.29, 1.82) is 0 Å². The van der Waals surface area contributed by atoms with E-state index in [0.717, 1.165) is 30.5 Å². The van der Waals surface area contributed by atoms with Crippen molar-refractivity contribution in [2.45, 2.75) is 38.4 Å². The van der Waals surface area contributed by atoms with E-state index in [2.05, 4.69) is 5.10 Å². The number of hydrogen-bond acceptors (Lipinski definition) is 4. The van der Waals surface area contributed by atoms with Crippen LogP contribution in [0.5, 0.6) is 11.5 Å². The molecule has 0 aliphatic heterocycles. The van der Waals surface area contributed by atoms with Crippen molar-refractivity contribution in [2.24, 2.45) is 0 Å². The van der Waals surface area contributed by atoms with Crippen LogP contribution >= 0.6 is 0 Å². The van der Waals surface area contributed by atoms with Crippen LogP contribution in [-0.2, 0) is 12.7 Å². The number of halogens is 3. The number of methoxy groups -OCH3 is 2. The summed E-state index contributed by atoms with van der Waals surface area (Å²) < 4.78 is 51.8. The van der Waals surface area contributed by atoms with Gasteiger partial charge in [-0.3, -0.25) is 4.79 Å². The van der Waals surface area contributed by atoms with Gasteiger partial charge in [-0.05, 0) is 55.7 Å². The molecular weight excluding hydrogens is 447 g/mol. The number of nitrogens with zero attached hydrogens (tertiary/aromatic N) is 3. The summed E-state index contributed by atoms with van der Waals surface area (Å²) >= 11 is 0. The minimum absolute atomic E-state index is 0.0933. The summed E-state index contributed by atoms with van der Waals surface area (Å²) in [7, 11) is 3.11. The number of benzene rings is 2. The molecule has 3 aromatic rings. The molecule has 9 heteroatoms. The summed E-state index contributed by atoms with van der Waals surface area (Å²) in [5, 5.41) is 4.33. The summed E-state index contributed by atoms with van der Waals surface area (Å²) in [6.45, 7) is 2.67. The molecule has 1 aliphatic rings. The molecule has 0 bridgehead atoms. The lowest BCUT2D eigenvalue weighted by molar-refractivity contribution is -0.137. The maximum absolute atomic E-state index is 13.5. The molecule has 0 N–H and O–H groups in total.